The number of ketones is 1. The van der Waals surface area contributed by atoms with Crippen LogP contribution in [0.15, 0.2) is 29.3 Å². The lowest BCUT2D eigenvalue weighted by Crippen LogP contribution is -2.18. The van der Waals surface area contributed by atoms with Gasteiger partial charge in [0.25, 0.3) is 5.91 Å². The number of fused-ring (bicyclic) bond motifs is 1. The summed E-state index contributed by atoms with van der Waals surface area (Å²) in [4.78, 5) is 27.8. The van der Waals surface area contributed by atoms with Gasteiger partial charge in [-0.2, -0.15) is 0 Å². The number of anilines is 1. The highest BCUT2D eigenvalue weighted by Gasteiger charge is 2.26. The number of aromatic nitrogens is 1. The number of carbonyl (C=O) groups excluding carboxylic acids is 2. The molecular formula is C17H18N2O4S. The number of nitrogens with one attached hydrogen (secondary N) is 2. The van der Waals surface area contributed by atoms with E-state index in [1.807, 2.05) is 0 Å². The number of benzene rings is 1. The van der Waals surface area contributed by atoms with Crippen LogP contribution in [0.2, 0.25) is 0 Å². The van der Waals surface area contributed by atoms with E-state index in [-0.39, 0.29) is 16.6 Å². The monoisotopic (exact) mass is 346 g/mol. The molecule has 1 aliphatic rings. The largest absolute Gasteiger partial charge is 0.364 e. The van der Waals surface area contributed by atoms with Crippen molar-refractivity contribution in [3.8, 4) is 0 Å². The number of aromatic amines is 1. The molecule has 24 heavy (non-hydrogen) atoms. The zero-order chi connectivity index (χ0) is 17.5. The molecule has 1 heterocycles. The molecule has 126 valence electrons. The lowest BCUT2D eigenvalue weighted by molar-refractivity contribution is 0.0956. The maximum atomic E-state index is 12.5. The van der Waals surface area contributed by atoms with Gasteiger partial charge in [0.15, 0.2) is 15.6 Å². The fourth-order valence-corrected chi connectivity index (χ4v) is 3.61. The Morgan fingerprint density at radius 2 is 2.00 bits per heavy atom. The van der Waals surface area contributed by atoms with Crippen LogP contribution in [0, 0.1) is 6.92 Å². The first kappa shape index (κ1) is 16.4. The zero-order valence-corrected chi connectivity index (χ0v) is 14.3. The quantitative estimate of drug-likeness (QED) is 0.892. The third-order valence-electron chi connectivity index (χ3n) is 4.19. The van der Waals surface area contributed by atoms with Gasteiger partial charge in [-0.25, -0.2) is 8.42 Å². The van der Waals surface area contributed by atoms with Crippen LogP contribution >= 0.6 is 0 Å². The lowest BCUT2D eigenvalue weighted by Gasteiger charge is -2.13. The smallest absolute Gasteiger partial charge is 0.257 e. The average molecular weight is 346 g/mol. The van der Waals surface area contributed by atoms with E-state index in [1.165, 1.54) is 12.1 Å². The van der Waals surface area contributed by atoms with Gasteiger partial charge in [-0.3, -0.25) is 9.59 Å². The zero-order valence-electron chi connectivity index (χ0n) is 13.5. The van der Waals surface area contributed by atoms with Crippen LogP contribution in [0.4, 0.5) is 5.69 Å². The van der Waals surface area contributed by atoms with E-state index in [1.54, 1.807) is 19.2 Å². The molecule has 0 unspecified atom stereocenters. The molecule has 1 aromatic heterocycles. The predicted molar refractivity (Wildman–Crippen MR) is 90.3 cm³/mol. The van der Waals surface area contributed by atoms with Gasteiger partial charge < -0.3 is 10.3 Å². The predicted octanol–water partition coefficient (Wildman–Crippen LogP) is 2.50. The molecule has 0 fully saturated rings. The van der Waals surface area contributed by atoms with Crippen molar-refractivity contribution in [2.24, 2.45) is 0 Å². The average Bonchev–Trinajstić information content (AvgIpc) is 2.93. The summed E-state index contributed by atoms with van der Waals surface area (Å²) in [5.74, 6) is -0.398. The second-order valence-corrected chi connectivity index (χ2v) is 8.05. The van der Waals surface area contributed by atoms with E-state index < -0.39 is 9.84 Å². The first-order chi connectivity index (χ1) is 11.3. The molecule has 0 saturated heterocycles. The van der Waals surface area contributed by atoms with Crippen molar-refractivity contribution >= 4 is 27.2 Å². The van der Waals surface area contributed by atoms with Crippen LogP contribution < -0.4 is 5.32 Å². The molecule has 2 aromatic rings. The Balaban J connectivity index is 1.89. The van der Waals surface area contributed by atoms with E-state index >= 15 is 0 Å². The van der Waals surface area contributed by atoms with Gasteiger partial charge in [-0.15, -0.1) is 0 Å². The minimum absolute atomic E-state index is 0.0215. The maximum Gasteiger partial charge on any atom is 0.257 e. The minimum Gasteiger partial charge on any atom is -0.364 e. The summed E-state index contributed by atoms with van der Waals surface area (Å²) >= 11 is 0. The molecule has 0 spiro atoms. The lowest BCUT2D eigenvalue weighted by atomic mass is 9.93. The number of hydrogen-bond donors (Lipinski definition) is 2. The van der Waals surface area contributed by atoms with Crippen LogP contribution in [-0.2, 0) is 16.3 Å². The molecule has 6 nitrogen and oxygen atoms in total. The van der Waals surface area contributed by atoms with Gasteiger partial charge in [0, 0.05) is 30.3 Å². The normalized spacial score (nSPS) is 14.3. The van der Waals surface area contributed by atoms with Crippen molar-refractivity contribution in [1.29, 1.82) is 0 Å². The summed E-state index contributed by atoms with van der Waals surface area (Å²) in [6, 6.07) is 4.53. The first-order valence-electron chi connectivity index (χ1n) is 7.63. The standard InChI is InChI=1S/C17H18N2O4S/c1-10-8-11(24(2,22)23)6-7-13(10)19-17(21)12-9-18-14-4-3-5-15(20)16(12)14/h6-9,18H,3-5H2,1-2H3,(H,19,21). The van der Waals surface area contributed by atoms with E-state index in [9.17, 15) is 18.0 Å². The van der Waals surface area contributed by atoms with Gasteiger partial charge >= 0.3 is 0 Å². The van der Waals surface area contributed by atoms with Crippen LogP contribution in [0.1, 0.15) is 44.8 Å². The first-order valence-corrected chi connectivity index (χ1v) is 9.52. The molecule has 0 aliphatic heterocycles. The number of hydrogen-bond acceptors (Lipinski definition) is 4. The van der Waals surface area contributed by atoms with Gasteiger partial charge in [0.05, 0.1) is 16.0 Å². The maximum absolute atomic E-state index is 12.5. The number of rotatable bonds is 3. The summed E-state index contributed by atoms with van der Waals surface area (Å²) in [6.07, 6.45) is 4.70. The summed E-state index contributed by atoms with van der Waals surface area (Å²) in [7, 11) is -3.30. The molecule has 1 aromatic carbocycles. The fourth-order valence-electron chi connectivity index (χ4n) is 2.91. The number of H-pyrrole nitrogens is 1. The third kappa shape index (κ3) is 2.99. The van der Waals surface area contributed by atoms with Crippen LogP contribution in [-0.4, -0.2) is 31.3 Å². The van der Waals surface area contributed by atoms with E-state index in [0.717, 1.165) is 24.8 Å². The minimum atomic E-state index is -3.30. The Morgan fingerprint density at radius 1 is 1.25 bits per heavy atom. The fraction of sp³-hybridized carbons (Fsp3) is 0.294. The topological polar surface area (TPSA) is 96.1 Å². The number of sulfone groups is 1. The second kappa shape index (κ2) is 5.90. The van der Waals surface area contributed by atoms with Crippen LogP contribution in [0.3, 0.4) is 0 Å². The van der Waals surface area contributed by atoms with Crippen LogP contribution in [0.25, 0.3) is 0 Å². The molecule has 0 atom stereocenters. The summed E-state index contributed by atoms with van der Waals surface area (Å²) in [6.45, 7) is 1.72. The molecular weight excluding hydrogens is 328 g/mol. The number of aryl methyl sites for hydroxylation is 2. The molecule has 1 amide bonds. The molecule has 0 saturated carbocycles. The Hall–Kier alpha value is -2.41. The number of amides is 1. The number of Topliss-reactive ketones (excluding diaryl/α,β-unsaturated/α-hetero) is 1. The van der Waals surface area contributed by atoms with Gasteiger partial charge in [-0.05, 0) is 43.5 Å². The van der Waals surface area contributed by atoms with Crippen molar-refractivity contribution in [2.45, 2.75) is 31.1 Å². The third-order valence-corrected chi connectivity index (χ3v) is 5.30. The Morgan fingerprint density at radius 3 is 2.67 bits per heavy atom. The van der Waals surface area contributed by atoms with Crippen molar-refractivity contribution in [1.82, 2.24) is 4.98 Å². The van der Waals surface area contributed by atoms with Gasteiger partial charge in [-0.1, -0.05) is 0 Å². The van der Waals surface area contributed by atoms with Gasteiger partial charge in [0.1, 0.15) is 0 Å². The van der Waals surface area contributed by atoms with Crippen molar-refractivity contribution in [3.63, 3.8) is 0 Å². The van der Waals surface area contributed by atoms with Crippen molar-refractivity contribution in [3.05, 3.63) is 46.8 Å². The van der Waals surface area contributed by atoms with E-state index in [4.69, 9.17) is 0 Å². The SMILES string of the molecule is Cc1cc(S(C)(=O)=O)ccc1NC(=O)c1c[nH]c2c1C(=O)CCC2. The highest BCUT2D eigenvalue weighted by molar-refractivity contribution is 7.90. The van der Waals surface area contributed by atoms with E-state index in [2.05, 4.69) is 10.3 Å². The summed E-state index contributed by atoms with van der Waals surface area (Å²) in [5.41, 5.74) is 2.78. The van der Waals surface area contributed by atoms with Crippen molar-refractivity contribution in [2.75, 3.05) is 11.6 Å². The Kier molecular flexibility index (Phi) is 4.04. The molecule has 2 N–H and O–H groups in total. The van der Waals surface area contributed by atoms with Crippen molar-refractivity contribution < 1.29 is 18.0 Å². The van der Waals surface area contributed by atoms with E-state index in [0.29, 0.717) is 28.8 Å². The summed E-state index contributed by atoms with van der Waals surface area (Å²) in [5, 5.41) is 2.76. The number of carbonyl (C=O) groups is 2. The summed E-state index contributed by atoms with van der Waals surface area (Å²) < 4.78 is 23.1. The Labute approximate surface area is 140 Å². The molecule has 0 radical (unpaired) electrons. The highest BCUT2D eigenvalue weighted by Crippen LogP contribution is 2.26. The molecule has 3 rings (SSSR count). The van der Waals surface area contributed by atoms with Crippen LogP contribution in [0.5, 0.6) is 0 Å². The molecule has 0 bridgehead atoms. The second-order valence-electron chi connectivity index (χ2n) is 6.04. The molecule has 7 heteroatoms. The van der Waals surface area contributed by atoms with Gasteiger partial charge in [0.2, 0.25) is 0 Å². The highest BCUT2D eigenvalue weighted by atomic mass is 32.2. The molecule has 1 aliphatic carbocycles. The Bertz CT molecular complexity index is 941.